The van der Waals surface area contributed by atoms with Gasteiger partial charge in [-0.3, -0.25) is 0 Å². The first-order valence-corrected chi connectivity index (χ1v) is 9.61. The molecule has 1 heterocycles. The number of hydrogen-bond acceptors (Lipinski definition) is 9. The van der Waals surface area contributed by atoms with Gasteiger partial charge in [-0.2, -0.15) is 12.6 Å². The number of para-hydroxylation sites is 1. The van der Waals surface area contributed by atoms with E-state index in [1.165, 1.54) is 14.2 Å². The van der Waals surface area contributed by atoms with Crippen molar-refractivity contribution in [2.75, 3.05) is 14.2 Å². The third-order valence-electron chi connectivity index (χ3n) is 3.98. The fourth-order valence-electron chi connectivity index (χ4n) is 2.61. The Kier molecular flexibility index (Phi) is 7.31. The van der Waals surface area contributed by atoms with E-state index in [9.17, 15) is 4.79 Å². The van der Waals surface area contributed by atoms with Crippen molar-refractivity contribution in [1.29, 1.82) is 0 Å². The molecule has 1 atom stereocenters. The van der Waals surface area contributed by atoms with Crippen molar-refractivity contribution in [3.05, 3.63) is 76.5 Å². The van der Waals surface area contributed by atoms with Crippen LogP contribution in [0.15, 0.2) is 58.1 Å². The molecule has 0 spiro atoms. The second-order valence-electron chi connectivity index (χ2n) is 5.86. The summed E-state index contributed by atoms with van der Waals surface area (Å²) in [5, 5.41) is 11.7. The van der Waals surface area contributed by atoms with E-state index in [2.05, 4.69) is 28.0 Å². The van der Waals surface area contributed by atoms with Crippen LogP contribution in [0.2, 0.25) is 5.02 Å². The van der Waals surface area contributed by atoms with Gasteiger partial charge in [-0.25, -0.2) is 4.79 Å². The van der Waals surface area contributed by atoms with Gasteiger partial charge in [-0.1, -0.05) is 53.2 Å². The number of aromatic nitrogens is 2. The SMILES string of the molecule is CON=C(C(=O)OC)c1ccccc1C(S)c1nnc(COc2ccccc2Cl)o1. The molecule has 0 fully saturated rings. The van der Waals surface area contributed by atoms with Gasteiger partial charge in [0.1, 0.15) is 18.1 Å². The van der Waals surface area contributed by atoms with Gasteiger partial charge in [0.15, 0.2) is 12.3 Å². The number of hydrogen-bond donors (Lipinski definition) is 1. The van der Waals surface area contributed by atoms with Crippen molar-refractivity contribution < 1.29 is 23.5 Å². The number of ether oxygens (including phenoxy) is 2. The quantitative estimate of drug-likeness (QED) is 0.242. The van der Waals surface area contributed by atoms with Crippen LogP contribution < -0.4 is 4.74 Å². The minimum absolute atomic E-state index is 0.00329. The number of halogens is 1. The van der Waals surface area contributed by atoms with Crippen LogP contribution in [0, 0.1) is 0 Å². The van der Waals surface area contributed by atoms with E-state index in [0.717, 1.165) is 0 Å². The minimum Gasteiger partial charge on any atom is -0.482 e. The molecule has 3 aromatic rings. The van der Waals surface area contributed by atoms with Gasteiger partial charge in [0.25, 0.3) is 5.89 Å². The molecule has 1 unspecified atom stereocenters. The molecule has 0 aliphatic heterocycles. The lowest BCUT2D eigenvalue weighted by Gasteiger charge is -2.13. The van der Waals surface area contributed by atoms with Crippen LogP contribution in [0.1, 0.15) is 28.2 Å². The van der Waals surface area contributed by atoms with E-state index in [-0.39, 0.29) is 24.1 Å². The largest absolute Gasteiger partial charge is 0.482 e. The van der Waals surface area contributed by atoms with E-state index < -0.39 is 11.2 Å². The molecule has 0 aliphatic carbocycles. The average molecular weight is 448 g/mol. The van der Waals surface area contributed by atoms with E-state index >= 15 is 0 Å². The smallest absolute Gasteiger partial charge is 0.360 e. The lowest BCUT2D eigenvalue weighted by molar-refractivity contribution is -0.132. The van der Waals surface area contributed by atoms with Crippen molar-refractivity contribution in [3.8, 4) is 5.75 Å². The number of thiol groups is 1. The first-order valence-electron chi connectivity index (χ1n) is 8.71. The number of oxime groups is 1. The van der Waals surface area contributed by atoms with E-state index in [1.807, 2.05) is 6.07 Å². The monoisotopic (exact) mass is 447 g/mol. The standard InChI is InChI=1S/C20H18ClN3O5S/c1-26-20(25)17(24-27-2)12-7-3-4-8-13(12)18(30)19-23-22-16(29-19)11-28-15-10-6-5-9-14(15)21/h3-10,18,30H,11H2,1-2H3. The second-order valence-corrected chi connectivity index (χ2v) is 6.78. The average Bonchev–Trinajstić information content (AvgIpc) is 3.25. The predicted molar refractivity (Wildman–Crippen MR) is 113 cm³/mol. The zero-order chi connectivity index (χ0) is 21.5. The van der Waals surface area contributed by atoms with Gasteiger partial charge >= 0.3 is 5.97 Å². The molecule has 0 N–H and O–H groups in total. The van der Waals surface area contributed by atoms with Gasteiger partial charge < -0.3 is 18.7 Å². The minimum atomic E-state index is -0.649. The molecule has 0 bridgehead atoms. The second kappa shape index (κ2) is 10.1. The Balaban J connectivity index is 1.83. The summed E-state index contributed by atoms with van der Waals surface area (Å²) >= 11 is 10.7. The third kappa shape index (κ3) is 4.92. The van der Waals surface area contributed by atoms with Gasteiger partial charge in [0.2, 0.25) is 5.89 Å². The van der Waals surface area contributed by atoms with E-state index in [1.54, 1.807) is 42.5 Å². The van der Waals surface area contributed by atoms with Crippen molar-refractivity contribution in [2.45, 2.75) is 11.9 Å². The highest BCUT2D eigenvalue weighted by Crippen LogP contribution is 2.31. The van der Waals surface area contributed by atoms with Gasteiger partial charge in [0, 0.05) is 5.56 Å². The van der Waals surface area contributed by atoms with Gasteiger partial charge in [0.05, 0.1) is 12.1 Å². The summed E-state index contributed by atoms with van der Waals surface area (Å²) < 4.78 is 16.1. The zero-order valence-electron chi connectivity index (χ0n) is 16.1. The number of carbonyl (C=O) groups excluding carboxylic acids is 1. The summed E-state index contributed by atoms with van der Waals surface area (Å²) in [6, 6.07) is 14.1. The van der Waals surface area contributed by atoms with Crippen LogP contribution in [0.5, 0.6) is 5.75 Å². The maximum absolute atomic E-state index is 12.1. The molecule has 0 amide bonds. The summed E-state index contributed by atoms with van der Waals surface area (Å²) in [7, 11) is 2.60. The Bertz CT molecular complexity index is 1060. The highest BCUT2D eigenvalue weighted by atomic mass is 35.5. The summed E-state index contributed by atoms with van der Waals surface area (Å²) in [5.41, 5.74) is 1.08. The number of benzene rings is 2. The Morgan fingerprint density at radius 1 is 1.17 bits per heavy atom. The molecule has 3 rings (SSSR count). The van der Waals surface area contributed by atoms with Crippen LogP contribution in [0.3, 0.4) is 0 Å². The molecule has 1 aromatic heterocycles. The summed E-state index contributed by atoms with van der Waals surface area (Å²) in [4.78, 5) is 16.9. The van der Waals surface area contributed by atoms with Crippen LogP contribution in [-0.2, 0) is 21.0 Å². The highest BCUT2D eigenvalue weighted by Gasteiger charge is 2.25. The van der Waals surface area contributed by atoms with Crippen molar-refractivity contribution in [2.24, 2.45) is 5.16 Å². The van der Waals surface area contributed by atoms with E-state index in [4.69, 9.17) is 30.3 Å². The molecule has 10 heteroatoms. The molecule has 0 saturated carbocycles. The maximum atomic E-state index is 12.1. The van der Waals surface area contributed by atoms with Crippen molar-refractivity contribution >= 4 is 35.9 Å². The molecular weight excluding hydrogens is 430 g/mol. The van der Waals surface area contributed by atoms with Crippen molar-refractivity contribution in [3.63, 3.8) is 0 Å². The molecular formula is C20H18ClN3O5S. The number of carbonyl (C=O) groups is 1. The number of nitrogens with zero attached hydrogens (tertiary/aromatic N) is 3. The Labute approximate surface area is 183 Å². The molecule has 156 valence electrons. The van der Waals surface area contributed by atoms with Crippen LogP contribution in [-0.4, -0.2) is 36.1 Å². The maximum Gasteiger partial charge on any atom is 0.360 e. The predicted octanol–water partition coefficient (Wildman–Crippen LogP) is 3.84. The lowest BCUT2D eigenvalue weighted by Crippen LogP contribution is -2.20. The Morgan fingerprint density at radius 3 is 2.63 bits per heavy atom. The fourth-order valence-corrected chi connectivity index (χ4v) is 3.12. The molecule has 8 nitrogen and oxygen atoms in total. The number of methoxy groups -OCH3 is 1. The first kappa shape index (κ1) is 21.7. The van der Waals surface area contributed by atoms with E-state index in [0.29, 0.717) is 21.9 Å². The molecule has 2 aromatic carbocycles. The zero-order valence-corrected chi connectivity index (χ0v) is 17.8. The molecule has 30 heavy (non-hydrogen) atoms. The number of esters is 1. The fraction of sp³-hybridized carbons (Fsp3) is 0.200. The highest BCUT2D eigenvalue weighted by molar-refractivity contribution is 7.80. The van der Waals surface area contributed by atoms with Crippen LogP contribution >= 0.6 is 24.2 Å². The summed E-state index contributed by atoms with van der Waals surface area (Å²) in [6.07, 6.45) is 0. The molecule has 0 aliphatic rings. The summed E-state index contributed by atoms with van der Waals surface area (Å²) in [6.45, 7) is 0.0391. The summed E-state index contributed by atoms with van der Waals surface area (Å²) in [5.74, 6) is 0.333. The first-order chi connectivity index (χ1) is 14.5. The Hall–Kier alpha value is -3.04. The lowest BCUT2D eigenvalue weighted by atomic mass is 10.00. The van der Waals surface area contributed by atoms with Crippen LogP contribution in [0.25, 0.3) is 0 Å². The normalized spacial score (nSPS) is 12.3. The van der Waals surface area contributed by atoms with Gasteiger partial charge in [-0.05, 0) is 17.7 Å². The van der Waals surface area contributed by atoms with Crippen molar-refractivity contribution in [1.82, 2.24) is 10.2 Å². The number of rotatable bonds is 8. The van der Waals surface area contributed by atoms with Crippen LogP contribution in [0.4, 0.5) is 0 Å². The third-order valence-corrected chi connectivity index (χ3v) is 4.79. The Morgan fingerprint density at radius 2 is 1.90 bits per heavy atom. The molecule has 0 saturated heterocycles. The van der Waals surface area contributed by atoms with Gasteiger partial charge in [-0.15, -0.1) is 10.2 Å². The topological polar surface area (TPSA) is 96.0 Å². The molecule has 0 radical (unpaired) electrons.